The summed E-state index contributed by atoms with van der Waals surface area (Å²) in [6, 6.07) is 12.1. The molecule has 23 heavy (non-hydrogen) atoms. The number of carboxylic acids is 1. The number of hydrogen-bond donors (Lipinski definition) is 2. The zero-order valence-electron chi connectivity index (χ0n) is 12.4. The molecule has 118 valence electrons. The lowest BCUT2D eigenvalue weighted by Gasteiger charge is -2.09. The highest BCUT2D eigenvalue weighted by atomic mass is 16.5. The molecule has 6 heteroatoms. The summed E-state index contributed by atoms with van der Waals surface area (Å²) in [5.41, 5.74) is 0.544. The van der Waals surface area contributed by atoms with Gasteiger partial charge in [-0.25, -0.2) is 4.79 Å². The minimum Gasteiger partial charge on any atom is -0.478 e. The summed E-state index contributed by atoms with van der Waals surface area (Å²) in [6.07, 6.45) is 0.258. The van der Waals surface area contributed by atoms with E-state index in [0.29, 0.717) is 11.3 Å². The molecule has 0 unspecified atom stereocenters. The van der Waals surface area contributed by atoms with Crippen molar-refractivity contribution < 1.29 is 24.2 Å². The molecule has 0 aliphatic heterocycles. The zero-order valence-corrected chi connectivity index (χ0v) is 12.4. The van der Waals surface area contributed by atoms with Gasteiger partial charge in [-0.15, -0.1) is 0 Å². The number of carbonyl (C=O) groups is 3. The predicted octanol–water partition coefficient (Wildman–Crippen LogP) is 2.95. The van der Waals surface area contributed by atoms with Crippen LogP contribution in [0.4, 0.5) is 5.69 Å². The van der Waals surface area contributed by atoms with Crippen LogP contribution in [0.5, 0.6) is 5.75 Å². The number of anilines is 1. The van der Waals surface area contributed by atoms with Gasteiger partial charge in [-0.3, -0.25) is 9.59 Å². The van der Waals surface area contributed by atoms with Crippen molar-refractivity contribution in [3.8, 4) is 5.75 Å². The van der Waals surface area contributed by atoms with Gasteiger partial charge in [-0.2, -0.15) is 0 Å². The van der Waals surface area contributed by atoms with E-state index in [0.717, 1.165) is 0 Å². The summed E-state index contributed by atoms with van der Waals surface area (Å²) in [7, 11) is 0. The standard InChI is InChI=1S/C17H15NO5/c1-2-15(19)23-12-9-7-11(8-10-12)16(20)18-14-6-4-3-5-13(14)17(21)22/h3-10H,2H2,1H3,(H,18,20)(H,21,22). The number of ether oxygens (including phenoxy) is 1. The summed E-state index contributed by atoms with van der Waals surface area (Å²) < 4.78 is 5.02. The molecular weight excluding hydrogens is 298 g/mol. The van der Waals surface area contributed by atoms with Crippen LogP contribution in [0.3, 0.4) is 0 Å². The molecule has 0 aromatic heterocycles. The van der Waals surface area contributed by atoms with Gasteiger partial charge in [0.2, 0.25) is 0 Å². The average molecular weight is 313 g/mol. The van der Waals surface area contributed by atoms with Gasteiger partial charge >= 0.3 is 11.9 Å². The molecule has 1 amide bonds. The lowest BCUT2D eigenvalue weighted by atomic mass is 10.1. The first kappa shape index (κ1) is 16.2. The lowest BCUT2D eigenvalue weighted by Crippen LogP contribution is -2.14. The van der Waals surface area contributed by atoms with Crippen molar-refractivity contribution in [3.05, 3.63) is 59.7 Å². The molecule has 0 radical (unpaired) electrons. The van der Waals surface area contributed by atoms with E-state index in [-0.39, 0.29) is 23.6 Å². The maximum Gasteiger partial charge on any atom is 0.337 e. The van der Waals surface area contributed by atoms with E-state index >= 15 is 0 Å². The predicted molar refractivity (Wildman–Crippen MR) is 83.7 cm³/mol. The summed E-state index contributed by atoms with van der Waals surface area (Å²) in [5.74, 6) is -1.59. The molecule has 2 aromatic carbocycles. The van der Waals surface area contributed by atoms with E-state index in [1.165, 1.54) is 36.4 Å². The fourth-order valence-corrected chi connectivity index (χ4v) is 1.85. The number of aromatic carboxylic acids is 1. The third kappa shape index (κ3) is 4.16. The van der Waals surface area contributed by atoms with Crippen molar-refractivity contribution in [1.29, 1.82) is 0 Å². The summed E-state index contributed by atoms with van der Waals surface area (Å²) >= 11 is 0. The van der Waals surface area contributed by atoms with Crippen molar-refractivity contribution >= 4 is 23.5 Å². The molecule has 0 aliphatic carbocycles. The van der Waals surface area contributed by atoms with Gasteiger partial charge in [-0.1, -0.05) is 19.1 Å². The molecule has 2 aromatic rings. The monoisotopic (exact) mass is 313 g/mol. The Balaban J connectivity index is 2.12. The molecule has 0 spiro atoms. The number of amides is 1. The van der Waals surface area contributed by atoms with E-state index in [2.05, 4.69) is 5.32 Å². The Morgan fingerprint density at radius 3 is 2.30 bits per heavy atom. The highest BCUT2D eigenvalue weighted by molar-refractivity contribution is 6.07. The third-order valence-corrected chi connectivity index (χ3v) is 3.04. The molecule has 0 fully saturated rings. The molecule has 0 heterocycles. The summed E-state index contributed by atoms with van der Waals surface area (Å²) in [4.78, 5) is 34.5. The lowest BCUT2D eigenvalue weighted by molar-refractivity contribution is -0.134. The van der Waals surface area contributed by atoms with Crippen LogP contribution in [0.15, 0.2) is 48.5 Å². The van der Waals surface area contributed by atoms with Crippen molar-refractivity contribution in [1.82, 2.24) is 0 Å². The molecule has 0 aliphatic rings. The molecule has 0 saturated heterocycles. The number of nitrogens with one attached hydrogen (secondary N) is 1. The van der Waals surface area contributed by atoms with Crippen molar-refractivity contribution in [2.75, 3.05) is 5.32 Å². The van der Waals surface area contributed by atoms with Crippen molar-refractivity contribution in [2.45, 2.75) is 13.3 Å². The second-order valence-corrected chi connectivity index (χ2v) is 4.66. The Morgan fingerprint density at radius 2 is 1.70 bits per heavy atom. The molecule has 0 atom stereocenters. The van der Waals surface area contributed by atoms with Gasteiger partial charge < -0.3 is 15.2 Å². The quantitative estimate of drug-likeness (QED) is 0.654. The van der Waals surface area contributed by atoms with Crippen LogP contribution in [0.25, 0.3) is 0 Å². The number of rotatable bonds is 5. The van der Waals surface area contributed by atoms with Crippen LogP contribution in [-0.2, 0) is 4.79 Å². The Kier molecular flexibility index (Phi) is 5.09. The number of hydrogen-bond acceptors (Lipinski definition) is 4. The van der Waals surface area contributed by atoms with Crippen LogP contribution < -0.4 is 10.1 Å². The van der Waals surface area contributed by atoms with Crippen molar-refractivity contribution in [3.63, 3.8) is 0 Å². The van der Waals surface area contributed by atoms with E-state index in [4.69, 9.17) is 9.84 Å². The highest BCUT2D eigenvalue weighted by Gasteiger charge is 2.13. The summed E-state index contributed by atoms with van der Waals surface area (Å²) in [6.45, 7) is 1.68. The fourth-order valence-electron chi connectivity index (χ4n) is 1.85. The maximum absolute atomic E-state index is 12.2. The fraction of sp³-hybridized carbons (Fsp3) is 0.118. The van der Waals surface area contributed by atoms with Gasteiger partial charge in [0.1, 0.15) is 5.75 Å². The smallest absolute Gasteiger partial charge is 0.337 e. The second-order valence-electron chi connectivity index (χ2n) is 4.66. The zero-order chi connectivity index (χ0) is 16.8. The molecule has 0 saturated carbocycles. The molecule has 2 rings (SSSR count). The topological polar surface area (TPSA) is 92.7 Å². The van der Waals surface area contributed by atoms with E-state index in [1.807, 2.05) is 0 Å². The number of benzene rings is 2. The maximum atomic E-state index is 12.2. The normalized spacial score (nSPS) is 9.96. The number of esters is 1. The minimum atomic E-state index is -1.12. The van der Waals surface area contributed by atoms with Gasteiger partial charge in [0, 0.05) is 12.0 Å². The minimum absolute atomic E-state index is 0.00865. The second kappa shape index (κ2) is 7.22. The highest BCUT2D eigenvalue weighted by Crippen LogP contribution is 2.18. The van der Waals surface area contributed by atoms with Crippen LogP contribution in [-0.4, -0.2) is 23.0 Å². The number of para-hydroxylation sites is 1. The molecular formula is C17H15NO5. The first-order valence-corrected chi connectivity index (χ1v) is 6.95. The number of carboxylic acid groups (broad SMARTS) is 1. The largest absolute Gasteiger partial charge is 0.478 e. The first-order valence-electron chi connectivity index (χ1n) is 6.95. The van der Waals surface area contributed by atoms with Crippen LogP contribution in [0.1, 0.15) is 34.1 Å². The summed E-state index contributed by atoms with van der Waals surface area (Å²) in [5, 5.41) is 11.6. The Morgan fingerprint density at radius 1 is 1.04 bits per heavy atom. The van der Waals surface area contributed by atoms with Gasteiger partial charge in [0.15, 0.2) is 0 Å². The van der Waals surface area contributed by atoms with Gasteiger partial charge in [0.25, 0.3) is 5.91 Å². The van der Waals surface area contributed by atoms with Crippen molar-refractivity contribution in [2.24, 2.45) is 0 Å². The van der Waals surface area contributed by atoms with Gasteiger partial charge in [0.05, 0.1) is 11.3 Å². The first-order chi connectivity index (χ1) is 11.0. The van der Waals surface area contributed by atoms with E-state index < -0.39 is 11.9 Å². The van der Waals surface area contributed by atoms with Crippen LogP contribution in [0, 0.1) is 0 Å². The van der Waals surface area contributed by atoms with Crippen LogP contribution in [0.2, 0.25) is 0 Å². The SMILES string of the molecule is CCC(=O)Oc1ccc(C(=O)Nc2ccccc2C(=O)O)cc1. The van der Waals surface area contributed by atoms with Gasteiger partial charge in [-0.05, 0) is 36.4 Å². The van der Waals surface area contributed by atoms with Crippen LogP contribution >= 0.6 is 0 Å². The van der Waals surface area contributed by atoms with E-state index in [1.54, 1.807) is 19.1 Å². The molecule has 6 nitrogen and oxygen atoms in total. The average Bonchev–Trinajstić information content (AvgIpc) is 2.55. The Labute approximate surface area is 132 Å². The van der Waals surface area contributed by atoms with E-state index in [9.17, 15) is 14.4 Å². The number of carbonyl (C=O) groups excluding carboxylic acids is 2. The Bertz CT molecular complexity index is 737. The molecule has 2 N–H and O–H groups in total. The third-order valence-electron chi connectivity index (χ3n) is 3.04. The molecule has 0 bridgehead atoms. The Hall–Kier alpha value is -3.15.